The molecule has 0 aromatic rings. The minimum atomic E-state index is -0.119. The van der Waals surface area contributed by atoms with Gasteiger partial charge < -0.3 is 10.2 Å². The summed E-state index contributed by atoms with van der Waals surface area (Å²) in [5.74, 6) is 0.752. The summed E-state index contributed by atoms with van der Waals surface area (Å²) in [6, 6.07) is 0.405. The van der Waals surface area contributed by atoms with E-state index in [1.54, 1.807) is 7.05 Å². The number of hydrogen-bond donors (Lipinski definition) is 2. The summed E-state index contributed by atoms with van der Waals surface area (Å²) < 4.78 is 0. The van der Waals surface area contributed by atoms with Gasteiger partial charge in [-0.2, -0.15) is 5.48 Å². The average Bonchev–Trinajstić information content (AvgIpc) is 2.52. The molecule has 2 N–H and O–H groups in total. The molecule has 0 aliphatic carbocycles. The lowest BCUT2D eigenvalue weighted by molar-refractivity contribution is 0.0869. The molecule has 1 heterocycles. The Kier molecular flexibility index (Phi) is 3.34. The Morgan fingerprint density at radius 3 is 2.79 bits per heavy atom. The van der Waals surface area contributed by atoms with Crippen molar-refractivity contribution in [3.8, 4) is 0 Å². The van der Waals surface area contributed by atoms with E-state index in [1.165, 1.54) is 5.57 Å². The first-order chi connectivity index (χ1) is 6.50. The quantitative estimate of drug-likeness (QED) is 0.407. The van der Waals surface area contributed by atoms with Crippen LogP contribution in [0.2, 0.25) is 0 Å². The van der Waals surface area contributed by atoms with Crippen LogP contribution in [0, 0.1) is 5.41 Å². The van der Waals surface area contributed by atoms with Crippen molar-refractivity contribution in [1.29, 1.82) is 0 Å². The van der Waals surface area contributed by atoms with E-state index in [0.717, 1.165) is 12.3 Å². The van der Waals surface area contributed by atoms with Gasteiger partial charge in [-0.3, -0.25) is 0 Å². The third-order valence-electron chi connectivity index (χ3n) is 2.86. The van der Waals surface area contributed by atoms with E-state index < -0.39 is 0 Å². The van der Waals surface area contributed by atoms with Crippen molar-refractivity contribution in [2.24, 2.45) is 5.41 Å². The predicted octanol–water partition coefficient (Wildman–Crippen LogP) is 1.60. The molecule has 0 saturated carbocycles. The lowest BCUT2D eigenvalue weighted by atomic mass is 9.80. The van der Waals surface area contributed by atoms with E-state index in [9.17, 15) is 0 Å². The summed E-state index contributed by atoms with van der Waals surface area (Å²) in [4.78, 5) is 5.25. The molecule has 1 aliphatic heterocycles. The lowest BCUT2D eigenvalue weighted by Crippen LogP contribution is -2.31. The summed E-state index contributed by atoms with van der Waals surface area (Å²) in [6.07, 6.45) is 2.22. The van der Waals surface area contributed by atoms with Crippen molar-refractivity contribution < 1.29 is 4.84 Å². The topological polar surface area (TPSA) is 33.3 Å². The van der Waals surface area contributed by atoms with Crippen LogP contribution in [-0.4, -0.2) is 19.6 Å². The van der Waals surface area contributed by atoms with E-state index in [1.807, 2.05) is 0 Å². The van der Waals surface area contributed by atoms with Gasteiger partial charge in [-0.1, -0.05) is 12.7 Å². The molecular weight excluding hydrogens is 176 g/mol. The van der Waals surface area contributed by atoms with Crippen LogP contribution in [-0.2, 0) is 4.84 Å². The van der Waals surface area contributed by atoms with Crippen LogP contribution in [0.1, 0.15) is 20.8 Å². The molecule has 0 spiro atoms. The van der Waals surface area contributed by atoms with Crippen LogP contribution in [0.15, 0.2) is 24.0 Å². The lowest BCUT2D eigenvalue weighted by Gasteiger charge is -2.30. The van der Waals surface area contributed by atoms with Crippen molar-refractivity contribution in [1.82, 2.24) is 10.8 Å². The highest BCUT2D eigenvalue weighted by atomic mass is 16.6. The van der Waals surface area contributed by atoms with E-state index in [2.05, 4.69) is 44.2 Å². The Morgan fingerprint density at radius 1 is 1.71 bits per heavy atom. The van der Waals surface area contributed by atoms with Crippen molar-refractivity contribution in [3.05, 3.63) is 24.0 Å². The minimum Gasteiger partial charge on any atom is -0.413 e. The molecule has 0 saturated heterocycles. The van der Waals surface area contributed by atoms with E-state index in [4.69, 9.17) is 4.84 Å². The SMILES string of the molecule is C=C(ONC)C(C)(C)C1=CCNC1C. The standard InChI is InChI=1S/C11H20N2O/c1-8-10(6-7-13-8)11(3,4)9(2)14-12-5/h6,8,12-13H,2,7H2,1,3-5H3. The first-order valence-electron chi connectivity index (χ1n) is 4.97. The fraction of sp³-hybridized carbons (Fsp3) is 0.636. The number of rotatable bonds is 4. The third kappa shape index (κ3) is 1.99. The van der Waals surface area contributed by atoms with Crippen LogP contribution < -0.4 is 10.8 Å². The van der Waals surface area contributed by atoms with Crippen LogP contribution in [0.3, 0.4) is 0 Å². The zero-order valence-electron chi connectivity index (χ0n) is 9.48. The highest BCUT2D eigenvalue weighted by Crippen LogP contribution is 2.37. The smallest absolute Gasteiger partial charge is 0.126 e. The molecule has 14 heavy (non-hydrogen) atoms. The van der Waals surface area contributed by atoms with Gasteiger partial charge in [0.2, 0.25) is 0 Å². The number of nitrogens with one attached hydrogen (secondary N) is 2. The second-order valence-corrected chi connectivity index (χ2v) is 4.14. The molecule has 1 aliphatic rings. The maximum absolute atomic E-state index is 5.25. The summed E-state index contributed by atoms with van der Waals surface area (Å²) in [5, 5.41) is 3.36. The van der Waals surface area contributed by atoms with Crippen LogP contribution in [0.5, 0.6) is 0 Å². The summed E-state index contributed by atoms with van der Waals surface area (Å²) >= 11 is 0. The molecule has 1 rings (SSSR count). The molecule has 3 heteroatoms. The summed E-state index contributed by atoms with van der Waals surface area (Å²) in [6.45, 7) is 11.3. The Bertz CT molecular complexity index is 256. The minimum absolute atomic E-state index is 0.119. The zero-order chi connectivity index (χ0) is 10.8. The van der Waals surface area contributed by atoms with Gasteiger partial charge in [0.05, 0.1) is 0 Å². The molecule has 0 fully saturated rings. The molecule has 0 aromatic carbocycles. The fourth-order valence-corrected chi connectivity index (χ4v) is 1.84. The molecular formula is C11H20N2O. The van der Waals surface area contributed by atoms with Gasteiger partial charge in [0.15, 0.2) is 0 Å². The van der Waals surface area contributed by atoms with Gasteiger partial charge in [-0.05, 0) is 26.3 Å². The Labute approximate surface area is 86.2 Å². The number of hydrogen-bond acceptors (Lipinski definition) is 3. The van der Waals surface area contributed by atoms with Crippen molar-refractivity contribution in [2.75, 3.05) is 13.6 Å². The van der Waals surface area contributed by atoms with Crippen molar-refractivity contribution >= 4 is 0 Å². The second-order valence-electron chi connectivity index (χ2n) is 4.14. The Morgan fingerprint density at radius 2 is 2.36 bits per heavy atom. The van der Waals surface area contributed by atoms with Crippen molar-refractivity contribution in [2.45, 2.75) is 26.8 Å². The summed E-state index contributed by atoms with van der Waals surface area (Å²) in [7, 11) is 1.74. The van der Waals surface area contributed by atoms with Gasteiger partial charge in [-0.25, -0.2) is 0 Å². The van der Waals surface area contributed by atoms with Crippen LogP contribution in [0.4, 0.5) is 0 Å². The summed E-state index contributed by atoms with van der Waals surface area (Å²) in [5.41, 5.74) is 3.89. The van der Waals surface area contributed by atoms with Crippen LogP contribution in [0.25, 0.3) is 0 Å². The van der Waals surface area contributed by atoms with E-state index in [0.29, 0.717) is 6.04 Å². The molecule has 80 valence electrons. The molecule has 0 aromatic heterocycles. The van der Waals surface area contributed by atoms with E-state index in [-0.39, 0.29) is 5.41 Å². The third-order valence-corrected chi connectivity index (χ3v) is 2.86. The van der Waals surface area contributed by atoms with Crippen molar-refractivity contribution in [3.63, 3.8) is 0 Å². The Hall–Kier alpha value is -0.800. The Balaban J connectivity index is 2.78. The van der Waals surface area contributed by atoms with Crippen LogP contribution >= 0.6 is 0 Å². The van der Waals surface area contributed by atoms with Gasteiger partial charge in [-0.15, -0.1) is 0 Å². The highest BCUT2D eigenvalue weighted by molar-refractivity contribution is 5.29. The highest BCUT2D eigenvalue weighted by Gasteiger charge is 2.33. The average molecular weight is 196 g/mol. The zero-order valence-corrected chi connectivity index (χ0v) is 9.48. The van der Waals surface area contributed by atoms with Gasteiger partial charge in [0.1, 0.15) is 5.76 Å². The molecule has 0 amide bonds. The molecule has 0 bridgehead atoms. The number of allylic oxidation sites excluding steroid dienone is 1. The number of hydroxylamine groups is 1. The molecule has 1 atom stereocenters. The fourth-order valence-electron chi connectivity index (χ4n) is 1.84. The normalized spacial score (nSPS) is 22.0. The first kappa shape index (κ1) is 11.3. The second kappa shape index (κ2) is 4.15. The molecule has 0 radical (unpaired) electrons. The van der Waals surface area contributed by atoms with E-state index >= 15 is 0 Å². The largest absolute Gasteiger partial charge is 0.413 e. The maximum atomic E-state index is 5.25. The monoisotopic (exact) mass is 196 g/mol. The first-order valence-corrected chi connectivity index (χ1v) is 4.97. The van der Waals surface area contributed by atoms with Gasteiger partial charge >= 0.3 is 0 Å². The predicted molar refractivity (Wildman–Crippen MR) is 58.6 cm³/mol. The molecule has 3 nitrogen and oxygen atoms in total. The van der Waals surface area contributed by atoms with Gasteiger partial charge in [0.25, 0.3) is 0 Å². The molecule has 1 unspecified atom stereocenters. The maximum Gasteiger partial charge on any atom is 0.126 e. The van der Waals surface area contributed by atoms with Gasteiger partial charge in [0, 0.05) is 25.0 Å².